The molecule has 1 heterocycles. The van der Waals surface area contributed by atoms with Gasteiger partial charge >= 0.3 is 0 Å². The van der Waals surface area contributed by atoms with E-state index in [0.29, 0.717) is 11.5 Å². The molecule has 0 radical (unpaired) electrons. The molecule has 4 rings (SSSR count). The zero-order valence-corrected chi connectivity index (χ0v) is 16.5. The number of rotatable bonds is 3. The van der Waals surface area contributed by atoms with Gasteiger partial charge in [0, 0.05) is 28.9 Å². The van der Waals surface area contributed by atoms with Crippen molar-refractivity contribution in [1.82, 2.24) is 9.97 Å². The minimum Gasteiger partial charge on any atom is -0.507 e. The average Bonchev–Trinajstić information content (AvgIpc) is 2.64. The number of benzene rings is 3. The van der Waals surface area contributed by atoms with Crippen molar-refractivity contribution in [3.63, 3.8) is 0 Å². The molecule has 1 aromatic heterocycles. The molecule has 0 saturated heterocycles. The highest BCUT2D eigenvalue weighted by Crippen LogP contribution is 2.35. The molecule has 140 valence electrons. The molecule has 0 aliphatic carbocycles. The number of aryl methyl sites for hydroxylation is 4. The molecule has 0 spiro atoms. The quantitative estimate of drug-likeness (QED) is 0.466. The summed E-state index contributed by atoms with van der Waals surface area (Å²) >= 11 is 0. The third kappa shape index (κ3) is 3.29. The Bertz CT molecular complexity index is 1170. The lowest BCUT2D eigenvalue weighted by Crippen LogP contribution is -2.01. The first-order valence-electron chi connectivity index (χ1n) is 9.33. The number of nitrogens with zero attached hydrogens (tertiary/aromatic N) is 2. The Morgan fingerprint density at radius 3 is 2.25 bits per heavy atom. The standard InChI is InChI=1S/C24H23N3O/c1-14-9-16(3)23(17(4)10-14)27-24-25-13-18-11-20(22(28)12-21(18)26-24)19-8-6-5-7-15(19)2/h5-13,28H,1-4H3,(H,25,26,27). The average molecular weight is 369 g/mol. The van der Waals surface area contributed by atoms with Crippen molar-refractivity contribution in [2.75, 3.05) is 5.32 Å². The lowest BCUT2D eigenvalue weighted by molar-refractivity contribution is 0.478. The van der Waals surface area contributed by atoms with E-state index in [9.17, 15) is 5.11 Å². The Hall–Kier alpha value is -3.40. The normalized spacial score (nSPS) is 11.0. The number of anilines is 2. The number of fused-ring (bicyclic) bond motifs is 1. The van der Waals surface area contributed by atoms with Crippen LogP contribution in [0.1, 0.15) is 22.3 Å². The summed E-state index contributed by atoms with van der Waals surface area (Å²) < 4.78 is 0. The van der Waals surface area contributed by atoms with Gasteiger partial charge in [0.1, 0.15) is 5.75 Å². The first kappa shape index (κ1) is 18.0. The van der Waals surface area contributed by atoms with E-state index in [1.165, 1.54) is 5.56 Å². The minimum atomic E-state index is 0.217. The zero-order chi connectivity index (χ0) is 19.8. The van der Waals surface area contributed by atoms with E-state index in [0.717, 1.165) is 38.9 Å². The molecule has 0 aliphatic heterocycles. The summed E-state index contributed by atoms with van der Waals surface area (Å²) in [4.78, 5) is 9.10. The number of hydrogen-bond donors (Lipinski definition) is 2. The van der Waals surface area contributed by atoms with Crippen LogP contribution in [-0.2, 0) is 0 Å². The van der Waals surface area contributed by atoms with Crippen molar-refractivity contribution in [2.45, 2.75) is 27.7 Å². The Kier molecular flexibility index (Phi) is 4.47. The van der Waals surface area contributed by atoms with Gasteiger partial charge in [0.15, 0.2) is 0 Å². The number of hydrogen-bond acceptors (Lipinski definition) is 4. The summed E-state index contributed by atoms with van der Waals surface area (Å²) in [5, 5.41) is 14.8. The molecule has 0 unspecified atom stereocenters. The Labute approximate surface area is 164 Å². The molecule has 0 amide bonds. The second-order valence-corrected chi connectivity index (χ2v) is 7.34. The largest absolute Gasteiger partial charge is 0.507 e. The second kappa shape index (κ2) is 6.97. The lowest BCUT2D eigenvalue weighted by atomic mass is 9.98. The molecule has 4 aromatic rings. The molecule has 0 aliphatic rings. The monoisotopic (exact) mass is 369 g/mol. The molecule has 4 nitrogen and oxygen atoms in total. The molecular formula is C24H23N3O. The van der Waals surface area contributed by atoms with Crippen LogP contribution < -0.4 is 5.32 Å². The summed E-state index contributed by atoms with van der Waals surface area (Å²) in [5.74, 6) is 0.736. The summed E-state index contributed by atoms with van der Waals surface area (Å²) in [6, 6.07) is 15.9. The molecular weight excluding hydrogens is 346 g/mol. The van der Waals surface area contributed by atoms with Crippen molar-refractivity contribution in [3.8, 4) is 16.9 Å². The molecule has 0 atom stereocenters. The summed E-state index contributed by atoms with van der Waals surface area (Å²) in [6.45, 7) is 8.27. The van der Waals surface area contributed by atoms with E-state index >= 15 is 0 Å². The van der Waals surface area contributed by atoms with E-state index in [1.807, 2.05) is 37.3 Å². The van der Waals surface area contributed by atoms with Crippen LogP contribution in [0, 0.1) is 27.7 Å². The highest BCUT2D eigenvalue weighted by Gasteiger charge is 2.11. The molecule has 2 N–H and O–H groups in total. The number of phenols is 1. The smallest absolute Gasteiger partial charge is 0.227 e. The van der Waals surface area contributed by atoms with Gasteiger partial charge in [0.25, 0.3) is 0 Å². The fraction of sp³-hybridized carbons (Fsp3) is 0.167. The SMILES string of the molecule is Cc1cc(C)c(Nc2ncc3cc(-c4ccccc4C)c(O)cc3n2)c(C)c1. The van der Waals surface area contributed by atoms with Crippen LogP contribution in [-0.4, -0.2) is 15.1 Å². The van der Waals surface area contributed by atoms with Gasteiger partial charge < -0.3 is 10.4 Å². The Morgan fingerprint density at radius 2 is 1.54 bits per heavy atom. The second-order valence-electron chi connectivity index (χ2n) is 7.34. The molecule has 3 aromatic carbocycles. The summed E-state index contributed by atoms with van der Waals surface area (Å²) in [7, 11) is 0. The van der Waals surface area contributed by atoms with Crippen LogP contribution in [0.25, 0.3) is 22.0 Å². The fourth-order valence-electron chi connectivity index (χ4n) is 3.71. The van der Waals surface area contributed by atoms with Crippen LogP contribution in [0.4, 0.5) is 11.6 Å². The third-order valence-electron chi connectivity index (χ3n) is 5.05. The van der Waals surface area contributed by atoms with Gasteiger partial charge in [-0.05, 0) is 56.0 Å². The van der Waals surface area contributed by atoms with Crippen LogP contribution in [0.15, 0.2) is 54.7 Å². The predicted molar refractivity (Wildman–Crippen MR) is 115 cm³/mol. The van der Waals surface area contributed by atoms with E-state index < -0.39 is 0 Å². The van der Waals surface area contributed by atoms with Gasteiger partial charge in [-0.3, -0.25) is 0 Å². The van der Waals surface area contributed by atoms with Gasteiger partial charge in [-0.1, -0.05) is 42.0 Å². The van der Waals surface area contributed by atoms with Gasteiger partial charge in [-0.25, -0.2) is 9.97 Å². The summed E-state index contributed by atoms with van der Waals surface area (Å²) in [6.07, 6.45) is 1.80. The van der Waals surface area contributed by atoms with Crippen molar-refractivity contribution in [1.29, 1.82) is 0 Å². The Morgan fingerprint density at radius 1 is 0.821 bits per heavy atom. The number of aromatic hydroxyl groups is 1. The number of phenolic OH excluding ortho intramolecular Hbond substituents is 1. The molecule has 0 bridgehead atoms. The maximum Gasteiger partial charge on any atom is 0.227 e. The number of nitrogens with one attached hydrogen (secondary N) is 1. The van der Waals surface area contributed by atoms with Gasteiger partial charge in [0.05, 0.1) is 5.52 Å². The van der Waals surface area contributed by atoms with E-state index in [2.05, 4.69) is 48.2 Å². The minimum absolute atomic E-state index is 0.217. The summed E-state index contributed by atoms with van der Waals surface area (Å²) in [5.41, 5.74) is 8.17. The van der Waals surface area contributed by atoms with Crippen molar-refractivity contribution in [3.05, 3.63) is 77.0 Å². The molecule has 4 heteroatoms. The van der Waals surface area contributed by atoms with Crippen molar-refractivity contribution >= 4 is 22.5 Å². The highest BCUT2D eigenvalue weighted by atomic mass is 16.3. The molecule has 0 saturated carbocycles. The van der Waals surface area contributed by atoms with Gasteiger partial charge in [-0.2, -0.15) is 0 Å². The maximum atomic E-state index is 10.6. The van der Waals surface area contributed by atoms with E-state index in [4.69, 9.17) is 0 Å². The molecule has 28 heavy (non-hydrogen) atoms. The van der Waals surface area contributed by atoms with Crippen molar-refractivity contribution < 1.29 is 5.11 Å². The lowest BCUT2D eigenvalue weighted by Gasteiger charge is -2.14. The highest BCUT2D eigenvalue weighted by molar-refractivity contribution is 5.89. The van der Waals surface area contributed by atoms with E-state index in [-0.39, 0.29) is 5.75 Å². The fourth-order valence-corrected chi connectivity index (χ4v) is 3.71. The first-order valence-corrected chi connectivity index (χ1v) is 9.33. The van der Waals surface area contributed by atoms with Crippen molar-refractivity contribution in [2.24, 2.45) is 0 Å². The van der Waals surface area contributed by atoms with Crippen LogP contribution in [0.3, 0.4) is 0 Å². The van der Waals surface area contributed by atoms with Gasteiger partial charge in [-0.15, -0.1) is 0 Å². The van der Waals surface area contributed by atoms with Crippen LogP contribution in [0.5, 0.6) is 5.75 Å². The third-order valence-corrected chi connectivity index (χ3v) is 5.05. The topological polar surface area (TPSA) is 58.0 Å². The van der Waals surface area contributed by atoms with Crippen LogP contribution in [0.2, 0.25) is 0 Å². The maximum absolute atomic E-state index is 10.6. The first-order chi connectivity index (χ1) is 13.4. The number of aromatic nitrogens is 2. The van der Waals surface area contributed by atoms with Gasteiger partial charge in [0.2, 0.25) is 5.95 Å². The predicted octanol–water partition coefficient (Wildman–Crippen LogP) is 5.98. The van der Waals surface area contributed by atoms with Crippen LogP contribution >= 0.6 is 0 Å². The Balaban J connectivity index is 1.75. The molecule has 0 fully saturated rings. The van der Waals surface area contributed by atoms with E-state index in [1.54, 1.807) is 12.3 Å². The zero-order valence-electron chi connectivity index (χ0n) is 16.5.